The van der Waals surface area contributed by atoms with Crippen molar-refractivity contribution in [3.05, 3.63) is 61.4 Å². The fourth-order valence-corrected chi connectivity index (χ4v) is 3.78. The summed E-state index contributed by atoms with van der Waals surface area (Å²) in [6, 6.07) is 6.02. The van der Waals surface area contributed by atoms with Crippen molar-refractivity contribution in [3.8, 4) is 6.07 Å². The minimum Gasteiger partial charge on any atom is -0.478 e. The molecule has 2 rings (SSSR count). The van der Waals surface area contributed by atoms with Gasteiger partial charge in [-0.3, -0.25) is 10.1 Å². The summed E-state index contributed by atoms with van der Waals surface area (Å²) in [7, 11) is 0. The number of carboxylic acids is 1. The van der Waals surface area contributed by atoms with Crippen LogP contribution in [0.15, 0.2) is 40.7 Å². The van der Waals surface area contributed by atoms with Crippen LogP contribution in [0.5, 0.6) is 0 Å². The number of dihydropyridines is 1. The molecule has 0 saturated carbocycles. The summed E-state index contributed by atoms with van der Waals surface area (Å²) in [5.74, 6) is -3.30. The van der Waals surface area contributed by atoms with Gasteiger partial charge in [0.15, 0.2) is 0 Å². The van der Waals surface area contributed by atoms with Gasteiger partial charge in [0, 0.05) is 23.9 Å². The van der Waals surface area contributed by atoms with Gasteiger partial charge in [0.05, 0.1) is 28.1 Å². The van der Waals surface area contributed by atoms with E-state index in [0.29, 0.717) is 5.70 Å². The van der Waals surface area contributed by atoms with E-state index in [1.54, 1.807) is 20.8 Å². The predicted molar refractivity (Wildman–Crippen MR) is 112 cm³/mol. The lowest BCUT2D eigenvalue weighted by molar-refractivity contribution is -0.384. The number of rotatable bonds is 7. The van der Waals surface area contributed by atoms with E-state index in [9.17, 15) is 24.8 Å². The number of carboxylic acid groups (broad SMARTS) is 1. The summed E-state index contributed by atoms with van der Waals surface area (Å²) in [4.78, 5) is 36.0. The van der Waals surface area contributed by atoms with Crippen LogP contribution in [0, 0.1) is 21.4 Å². The molecule has 0 bridgehead atoms. The Balaban J connectivity index is 2.67. The van der Waals surface area contributed by atoms with Gasteiger partial charge in [-0.1, -0.05) is 23.7 Å². The molecule has 0 radical (unpaired) electrons. The number of aliphatic carboxylic acids is 1. The normalized spacial score (nSPS) is 16.5. The van der Waals surface area contributed by atoms with Crippen molar-refractivity contribution in [2.75, 3.05) is 0 Å². The molecule has 10 heteroatoms. The number of allylic oxidation sites excluding steroid dienone is 2. The molecule has 0 aliphatic carbocycles. The summed E-state index contributed by atoms with van der Waals surface area (Å²) in [5.41, 5.74) is -0.856. The van der Waals surface area contributed by atoms with Crippen molar-refractivity contribution < 1.29 is 24.4 Å². The van der Waals surface area contributed by atoms with E-state index in [0.717, 1.165) is 0 Å². The molecule has 164 valence electrons. The van der Waals surface area contributed by atoms with Gasteiger partial charge in [-0.15, -0.1) is 0 Å². The average molecular weight is 448 g/mol. The van der Waals surface area contributed by atoms with Gasteiger partial charge in [-0.05, 0) is 39.7 Å². The number of benzene rings is 1. The maximum Gasteiger partial charge on any atom is 0.337 e. The Hall–Kier alpha value is -3.38. The molecule has 0 spiro atoms. The first kappa shape index (κ1) is 23.9. The number of carbonyl (C=O) groups excluding carboxylic acids is 1. The van der Waals surface area contributed by atoms with Gasteiger partial charge in [-0.25, -0.2) is 9.59 Å². The summed E-state index contributed by atoms with van der Waals surface area (Å²) in [6.45, 7) is 6.40. The van der Waals surface area contributed by atoms with Crippen molar-refractivity contribution in [1.29, 1.82) is 5.26 Å². The molecule has 0 fully saturated rings. The Bertz CT molecular complexity index is 1050. The second kappa shape index (κ2) is 9.18. The Morgan fingerprint density at radius 1 is 1.32 bits per heavy atom. The van der Waals surface area contributed by atoms with E-state index < -0.39 is 34.1 Å². The van der Waals surface area contributed by atoms with Crippen molar-refractivity contribution in [1.82, 2.24) is 5.32 Å². The van der Waals surface area contributed by atoms with Crippen LogP contribution in [0.1, 0.15) is 52.0 Å². The summed E-state index contributed by atoms with van der Waals surface area (Å²) >= 11 is 6.29. The second-order valence-corrected chi connectivity index (χ2v) is 8.06. The molecule has 31 heavy (non-hydrogen) atoms. The molecule has 2 N–H and O–H groups in total. The van der Waals surface area contributed by atoms with E-state index in [-0.39, 0.29) is 40.3 Å². The van der Waals surface area contributed by atoms with Crippen molar-refractivity contribution in [2.45, 2.75) is 52.1 Å². The number of ether oxygens (including phenoxy) is 1. The van der Waals surface area contributed by atoms with Gasteiger partial charge in [-0.2, -0.15) is 5.26 Å². The SMILES string of the molecule is CC1=C(C(=O)O)C(c2cccc([N+](=O)[O-])c2Cl)C(C(=O)OC(C)(C)CCC#N)=C(C)N1. The fraction of sp³-hybridized carbons (Fsp3) is 0.381. The fourth-order valence-electron chi connectivity index (χ4n) is 3.47. The topological polar surface area (TPSA) is 143 Å². The second-order valence-electron chi connectivity index (χ2n) is 7.69. The molecule has 1 unspecified atom stereocenters. The maximum absolute atomic E-state index is 13.2. The lowest BCUT2D eigenvalue weighted by Gasteiger charge is -2.32. The van der Waals surface area contributed by atoms with E-state index in [4.69, 9.17) is 21.6 Å². The van der Waals surface area contributed by atoms with Crippen LogP contribution in [0.25, 0.3) is 0 Å². The summed E-state index contributed by atoms with van der Waals surface area (Å²) < 4.78 is 5.60. The highest BCUT2D eigenvalue weighted by atomic mass is 35.5. The highest BCUT2D eigenvalue weighted by molar-refractivity contribution is 6.33. The van der Waals surface area contributed by atoms with Gasteiger partial charge in [0.1, 0.15) is 10.6 Å². The number of hydrogen-bond acceptors (Lipinski definition) is 7. The van der Waals surface area contributed by atoms with Crippen LogP contribution in [0.2, 0.25) is 5.02 Å². The van der Waals surface area contributed by atoms with Crippen LogP contribution in [-0.4, -0.2) is 27.6 Å². The first-order valence-corrected chi connectivity index (χ1v) is 9.74. The van der Waals surface area contributed by atoms with Crippen LogP contribution >= 0.6 is 11.6 Å². The Morgan fingerprint density at radius 3 is 2.48 bits per heavy atom. The van der Waals surface area contributed by atoms with Gasteiger partial charge in [0.25, 0.3) is 5.69 Å². The Labute approximate surface area is 184 Å². The third-order valence-electron chi connectivity index (χ3n) is 4.93. The Morgan fingerprint density at radius 2 is 1.94 bits per heavy atom. The van der Waals surface area contributed by atoms with E-state index in [2.05, 4.69) is 5.32 Å². The van der Waals surface area contributed by atoms with Crippen molar-refractivity contribution in [2.24, 2.45) is 0 Å². The lowest BCUT2D eigenvalue weighted by Crippen LogP contribution is -2.35. The maximum atomic E-state index is 13.2. The van der Waals surface area contributed by atoms with Gasteiger partial charge >= 0.3 is 11.9 Å². The Kier molecular flexibility index (Phi) is 7.08. The minimum absolute atomic E-state index is 0.0181. The number of esters is 1. The number of nitro groups is 1. The number of nitrogens with one attached hydrogen (secondary N) is 1. The molecule has 9 nitrogen and oxygen atoms in total. The molecule has 1 aromatic carbocycles. The highest BCUT2D eigenvalue weighted by Crippen LogP contribution is 2.44. The van der Waals surface area contributed by atoms with Gasteiger partial charge in [0.2, 0.25) is 0 Å². The summed E-state index contributed by atoms with van der Waals surface area (Å²) in [6.07, 6.45) is 0.438. The van der Waals surface area contributed by atoms with E-state index >= 15 is 0 Å². The largest absolute Gasteiger partial charge is 0.478 e. The predicted octanol–water partition coefficient (Wildman–Crippen LogP) is 4.19. The number of nitriles is 1. The molecule has 0 aromatic heterocycles. The molecule has 1 aliphatic rings. The lowest BCUT2D eigenvalue weighted by atomic mass is 9.80. The molecular weight excluding hydrogens is 426 g/mol. The van der Waals surface area contributed by atoms with Crippen LogP contribution in [0.4, 0.5) is 5.69 Å². The first-order valence-electron chi connectivity index (χ1n) is 9.36. The third kappa shape index (κ3) is 5.03. The molecule has 0 amide bonds. The smallest absolute Gasteiger partial charge is 0.337 e. The first-order chi connectivity index (χ1) is 14.4. The number of nitrogens with zero attached hydrogens (tertiary/aromatic N) is 2. The average Bonchev–Trinajstić information content (AvgIpc) is 2.64. The molecule has 1 aromatic rings. The molecule has 1 atom stereocenters. The molecule has 1 aliphatic heterocycles. The number of halogens is 1. The van der Waals surface area contributed by atoms with E-state index in [1.165, 1.54) is 25.1 Å². The molecule has 0 saturated heterocycles. The number of carbonyl (C=O) groups is 2. The monoisotopic (exact) mass is 447 g/mol. The van der Waals surface area contributed by atoms with E-state index in [1.807, 2.05) is 6.07 Å². The third-order valence-corrected chi connectivity index (χ3v) is 5.35. The van der Waals surface area contributed by atoms with Crippen molar-refractivity contribution in [3.63, 3.8) is 0 Å². The zero-order chi connectivity index (χ0) is 23.5. The standard InChI is InChI=1S/C21H22ClN3O6/c1-11-15(19(26)27)17(13-7-5-8-14(18(13)22)25(29)30)16(12(2)24-11)20(28)31-21(3,4)9-6-10-23/h5,7-8,17,24H,6,9H2,1-4H3,(H,26,27). The minimum atomic E-state index is -1.31. The van der Waals surface area contributed by atoms with Crippen molar-refractivity contribution >= 4 is 29.2 Å². The highest BCUT2D eigenvalue weighted by Gasteiger charge is 2.40. The molecular formula is C21H22ClN3O6. The van der Waals surface area contributed by atoms with Crippen LogP contribution < -0.4 is 5.32 Å². The molecule has 1 heterocycles. The zero-order valence-electron chi connectivity index (χ0n) is 17.5. The zero-order valence-corrected chi connectivity index (χ0v) is 18.2. The number of hydrogen-bond donors (Lipinski definition) is 2. The summed E-state index contributed by atoms with van der Waals surface area (Å²) in [5, 5.41) is 32.7. The van der Waals surface area contributed by atoms with Crippen LogP contribution in [0.3, 0.4) is 0 Å². The van der Waals surface area contributed by atoms with Gasteiger partial charge < -0.3 is 15.2 Å². The van der Waals surface area contributed by atoms with Crippen LogP contribution in [-0.2, 0) is 14.3 Å². The number of nitro benzene ring substituents is 1. The quantitative estimate of drug-likeness (QED) is 0.359.